The summed E-state index contributed by atoms with van der Waals surface area (Å²) in [7, 11) is 0. The van der Waals surface area contributed by atoms with Crippen LogP contribution in [0.25, 0.3) is 21.8 Å². The SMILES string of the molecule is Cc1n(Cc2ccc3ccccc3n2)cc[n+]1Cc1ccc2ccccc2n1.[Cl-]. The number of hydrogen-bond acceptors (Lipinski definition) is 2. The van der Waals surface area contributed by atoms with Gasteiger partial charge in [0.15, 0.2) is 0 Å². The van der Waals surface area contributed by atoms with Gasteiger partial charge in [-0.15, -0.1) is 0 Å². The van der Waals surface area contributed by atoms with E-state index in [2.05, 4.69) is 77.0 Å². The third kappa shape index (κ3) is 3.84. The van der Waals surface area contributed by atoms with E-state index in [0.29, 0.717) is 0 Å². The summed E-state index contributed by atoms with van der Waals surface area (Å²) in [6.07, 6.45) is 4.24. The highest BCUT2D eigenvalue weighted by molar-refractivity contribution is 5.79. The van der Waals surface area contributed by atoms with Crippen molar-refractivity contribution in [3.8, 4) is 0 Å². The Kier molecular flexibility index (Phi) is 5.28. The molecule has 0 aliphatic rings. The van der Waals surface area contributed by atoms with Crippen LogP contribution in [0.1, 0.15) is 17.2 Å². The molecule has 0 aliphatic carbocycles. The highest BCUT2D eigenvalue weighted by Crippen LogP contribution is 2.14. The Balaban J connectivity index is 0.00000205. The van der Waals surface area contributed by atoms with Crippen LogP contribution < -0.4 is 17.0 Å². The predicted octanol–water partition coefficient (Wildman–Crippen LogP) is 1.28. The molecular weight excluding hydrogens is 380 g/mol. The molecule has 0 aliphatic heterocycles. The van der Waals surface area contributed by atoms with Crippen LogP contribution in [-0.4, -0.2) is 14.5 Å². The number of nitrogens with zero attached hydrogens (tertiary/aromatic N) is 4. The molecule has 5 heteroatoms. The highest BCUT2D eigenvalue weighted by Gasteiger charge is 2.14. The van der Waals surface area contributed by atoms with E-state index in [4.69, 9.17) is 9.97 Å². The quantitative estimate of drug-likeness (QED) is 0.426. The Hall–Kier alpha value is -3.24. The lowest BCUT2D eigenvalue weighted by molar-refractivity contribution is -0.694. The lowest BCUT2D eigenvalue weighted by atomic mass is 10.2. The molecule has 29 heavy (non-hydrogen) atoms. The molecule has 4 nitrogen and oxygen atoms in total. The van der Waals surface area contributed by atoms with Crippen molar-refractivity contribution in [3.63, 3.8) is 0 Å². The van der Waals surface area contributed by atoms with Gasteiger partial charge in [0.05, 0.1) is 22.4 Å². The first-order valence-corrected chi connectivity index (χ1v) is 9.51. The molecule has 0 saturated carbocycles. The molecule has 0 saturated heterocycles. The number of imidazole rings is 1. The number of para-hydroxylation sites is 2. The minimum absolute atomic E-state index is 0. The van der Waals surface area contributed by atoms with Crippen LogP contribution in [0.15, 0.2) is 85.2 Å². The topological polar surface area (TPSA) is 34.6 Å². The van der Waals surface area contributed by atoms with Crippen molar-refractivity contribution >= 4 is 21.8 Å². The maximum Gasteiger partial charge on any atom is 0.253 e. The minimum Gasteiger partial charge on any atom is -1.00 e. The summed E-state index contributed by atoms with van der Waals surface area (Å²) in [5.74, 6) is 1.19. The fraction of sp³-hybridized carbons (Fsp3) is 0.125. The van der Waals surface area contributed by atoms with Gasteiger partial charge in [-0.1, -0.05) is 48.5 Å². The molecular formula is C24H21ClN4. The van der Waals surface area contributed by atoms with Gasteiger partial charge in [0.25, 0.3) is 5.82 Å². The average Bonchev–Trinajstić information content (AvgIpc) is 3.07. The monoisotopic (exact) mass is 400 g/mol. The molecule has 0 atom stereocenters. The first kappa shape index (κ1) is 19.1. The van der Waals surface area contributed by atoms with Gasteiger partial charge >= 0.3 is 0 Å². The normalized spacial score (nSPS) is 10.9. The second-order valence-electron chi connectivity index (χ2n) is 7.09. The summed E-state index contributed by atoms with van der Waals surface area (Å²) in [6.45, 7) is 3.66. The number of benzene rings is 2. The van der Waals surface area contributed by atoms with E-state index in [-0.39, 0.29) is 12.4 Å². The van der Waals surface area contributed by atoms with Gasteiger partial charge in [0, 0.05) is 17.7 Å². The van der Waals surface area contributed by atoms with E-state index in [1.807, 2.05) is 24.3 Å². The van der Waals surface area contributed by atoms with Gasteiger partial charge in [-0.25, -0.2) is 19.1 Å². The highest BCUT2D eigenvalue weighted by atomic mass is 35.5. The number of hydrogen-bond donors (Lipinski definition) is 0. The van der Waals surface area contributed by atoms with Crippen molar-refractivity contribution in [1.29, 1.82) is 0 Å². The first-order valence-electron chi connectivity index (χ1n) is 9.51. The third-order valence-corrected chi connectivity index (χ3v) is 5.23. The minimum atomic E-state index is 0. The second-order valence-corrected chi connectivity index (χ2v) is 7.09. The zero-order valence-corrected chi connectivity index (χ0v) is 16.9. The van der Waals surface area contributed by atoms with Gasteiger partial charge in [0.2, 0.25) is 0 Å². The Morgan fingerprint density at radius 2 is 1.34 bits per heavy atom. The summed E-state index contributed by atoms with van der Waals surface area (Å²) in [5, 5.41) is 2.35. The Labute approximate surface area is 175 Å². The predicted molar refractivity (Wildman–Crippen MR) is 111 cm³/mol. The van der Waals surface area contributed by atoms with Gasteiger partial charge < -0.3 is 12.4 Å². The Morgan fingerprint density at radius 1 is 0.759 bits per heavy atom. The van der Waals surface area contributed by atoms with Crippen LogP contribution in [0.5, 0.6) is 0 Å². The van der Waals surface area contributed by atoms with Crippen LogP contribution in [0.4, 0.5) is 0 Å². The maximum atomic E-state index is 4.80. The van der Waals surface area contributed by atoms with Crippen molar-refractivity contribution in [2.45, 2.75) is 20.0 Å². The second kappa shape index (κ2) is 8.02. The number of fused-ring (bicyclic) bond motifs is 2. The number of aromatic nitrogens is 4. The van der Waals surface area contributed by atoms with E-state index in [1.165, 1.54) is 16.6 Å². The van der Waals surface area contributed by atoms with Crippen LogP contribution in [0.2, 0.25) is 0 Å². The fourth-order valence-corrected chi connectivity index (χ4v) is 3.62. The molecule has 0 amide bonds. The molecule has 3 aromatic heterocycles. The van der Waals surface area contributed by atoms with Crippen molar-refractivity contribution < 1.29 is 17.0 Å². The standard InChI is InChI=1S/C24H21N4.ClH/c1-18-27(16-21-12-10-19-6-2-4-8-23(19)25-21)14-15-28(18)17-22-13-11-20-7-3-5-9-24(20)26-22;/h2-15H,16-17H2,1H3;1H/q+1;/p-1. The van der Waals surface area contributed by atoms with E-state index < -0.39 is 0 Å². The smallest absolute Gasteiger partial charge is 0.253 e. The zero-order chi connectivity index (χ0) is 18.9. The van der Waals surface area contributed by atoms with Crippen molar-refractivity contribution in [1.82, 2.24) is 14.5 Å². The molecule has 0 fully saturated rings. The number of halogens is 1. The van der Waals surface area contributed by atoms with Gasteiger partial charge in [-0.3, -0.25) is 0 Å². The van der Waals surface area contributed by atoms with Crippen molar-refractivity contribution in [2.75, 3.05) is 0 Å². The Morgan fingerprint density at radius 3 is 2.03 bits per heavy atom. The average molecular weight is 401 g/mol. The summed E-state index contributed by atoms with van der Waals surface area (Å²) >= 11 is 0. The summed E-state index contributed by atoms with van der Waals surface area (Å²) < 4.78 is 4.47. The molecule has 0 spiro atoms. The summed E-state index contributed by atoms with van der Waals surface area (Å²) in [6, 6.07) is 25.0. The van der Waals surface area contributed by atoms with E-state index in [1.54, 1.807) is 0 Å². The number of rotatable bonds is 4. The van der Waals surface area contributed by atoms with E-state index in [9.17, 15) is 0 Å². The van der Waals surface area contributed by atoms with E-state index in [0.717, 1.165) is 35.5 Å². The Bertz CT molecular complexity index is 1190. The van der Waals surface area contributed by atoms with Crippen molar-refractivity contribution in [2.24, 2.45) is 0 Å². The van der Waals surface area contributed by atoms with Gasteiger partial charge in [-0.05, 0) is 24.3 Å². The van der Waals surface area contributed by atoms with Crippen molar-refractivity contribution in [3.05, 3.63) is 102 Å². The van der Waals surface area contributed by atoms with Gasteiger partial charge in [0.1, 0.15) is 25.5 Å². The molecule has 2 aromatic carbocycles. The van der Waals surface area contributed by atoms with Crippen LogP contribution in [-0.2, 0) is 13.1 Å². The van der Waals surface area contributed by atoms with Crippen LogP contribution in [0.3, 0.4) is 0 Å². The first-order chi connectivity index (χ1) is 13.8. The van der Waals surface area contributed by atoms with Crippen LogP contribution >= 0.6 is 0 Å². The lowest BCUT2D eigenvalue weighted by Crippen LogP contribution is -3.00. The van der Waals surface area contributed by atoms with E-state index >= 15 is 0 Å². The summed E-state index contributed by atoms with van der Waals surface area (Å²) in [4.78, 5) is 9.59. The molecule has 144 valence electrons. The molecule has 0 bridgehead atoms. The molecule has 5 aromatic rings. The molecule has 0 radical (unpaired) electrons. The molecule has 0 unspecified atom stereocenters. The maximum absolute atomic E-state index is 4.80. The van der Waals surface area contributed by atoms with Crippen LogP contribution in [0, 0.1) is 6.92 Å². The van der Waals surface area contributed by atoms with Gasteiger partial charge in [-0.2, -0.15) is 0 Å². The largest absolute Gasteiger partial charge is 1.00 e. The number of pyridine rings is 2. The fourth-order valence-electron chi connectivity index (χ4n) is 3.62. The lowest BCUT2D eigenvalue weighted by Gasteiger charge is -2.04. The zero-order valence-electron chi connectivity index (χ0n) is 16.2. The summed E-state index contributed by atoms with van der Waals surface area (Å²) in [5.41, 5.74) is 4.21. The third-order valence-electron chi connectivity index (χ3n) is 5.23. The molecule has 3 heterocycles. The molecule has 5 rings (SSSR count). The molecule has 0 N–H and O–H groups in total.